The van der Waals surface area contributed by atoms with E-state index in [0.29, 0.717) is 0 Å². The van der Waals surface area contributed by atoms with E-state index in [9.17, 15) is 17.9 Å². The zero-order valence-corrected chi connectivity index (χ0v) is 12.6. The number of halogens is 3. The first-order valence-electron chi connectivity index (χ1n) is 6.12. The van der Waals surface area contributed by atoms with Crippen molar-refractivity contribution < 1.29 is 17.9 Å². The van der Waals surface area contributed by atoms with Gasteiger partial charge in [-0.15, -0.1) is 0 Å². The summed E-state index contributed by atoms with van der Waals surface area (Å²) in [7, 11) is -3.91. The minimum Gasteiger partial charge on any atom is -0.387 e. The molecule has 0 aromatic heterocycles. The zero-order chi connectivity index (χ0) is 14.7. The second-order valence-electron chi connectivity index (χ2n) is 5.32. The molecule has 0 spiro atoms. The monoisotopic (exact) mass is 339 g/mol. The van der Waals surface area contributed by atoms with Crippen LogP contribution in [0.15, 0.2) is 17.0 Å². The molecule has 0 amide bonds. The van der Waals surface area contributed by atoms with E-state index in [-0.39, 0.29) is 28.9 Å². The van der Waals surface area contributed by atoms with Gasteiger partial charge < -0.3 is 5.11 Å². The molecular weight excluding hydrogens is 328 g/mol. The van der Waals surface area contributed by atoms with Crippen LogP contribution >= 0.6 is 23.2 Å². The number of aliphatic hydroxyl groups is 1. The SMILES string of the molecule is O=S(=O)(c1ccc(Cl)c(F)c1Cl)N1CC(O)(C2CC2)C1. The van der Waals surface area contributed by atoms with Crippen LogP contribution in [0.4, 0.5) is 4.39 Å². The number of β-amino-alcohol motifs (C(OH)–C–C–N with tert-alkyl or cyclic N) is 1. The Kier molecular flexibility index (Phi) is 3.30. The fourth-order valence-corrected chi connectivity index (χ4v) is 4.74. The molecule has 3 rings (SSSR count). The third-order valence-corrected chi connectivity index (χ3v) is 6.46. The summed E-state index contributed by atoms with van der Waals surface area (Å²) in [4.78, 5) is -0.320. The normalized spacial score (nSPS) is 22.6. The van der Waals surface area contributed by atoms with E-state index in [4.69, 9.17) is 23.2 Å². The summed E-state index contributed by atoms with van der Waals surface area (Å²) >= 11 is 11.3. The molecule has 1 N–H and O–H groups in total. The number of hydrogen-bond acceptors (Lipinski definition) is 3. The molecule has 1 aromatic carbocycles. The lowest BCUT2D eigenvalue weighted by atomic mass is 9.91. The van der Waals surface area contributed by atoms with Gasteiger partial charge in [0.1, 0.15) is 4.90 Å². The van der Waals surface area contributed by atoms with Crippen LogP contribution in [0.2, 0.25) is 10.0 Å². The largest absolute Gasteiger partial charge is 0.387 e. The van der Waals surface area contributed by atoms with E-state index in [1.165, 1.54) is 6.07 Å². The molecule has 4 nitrogen and oxygen atoms in total. The van der Waals surface area contributed by atoms with Gasteiger partial charge in [-0.3, -0.25) is 0 Å². The summed E-state index contributed by atoms with van der Waals surface area (Å²) in [5.74, 6) is -0.779. The molecule has 1 aromatic rings. The van der Waals surface area contributed by atoms with Crippen LogP contribution < -0.4 is 0 Å². The molecule has 0 bridgehead atoms. The van der Waals surface area contributed by atoms with Crippen molar-refractivity contribution in [2.75, 3.05) is 13.1 Å². The zero-order valence-electron chi connectivity index (χ0n) is 10.3. The Hall–Kier alpha value is -0.400. The van der Waals surface area contributed by atoms with Gasteiger partial charge in [0.15, 0.2) is 5.82 Å². The van der Waals surface area contributed by atoms with Crippen LogP contribution in [0, 0.1) is 11.7 Å². The van der Waals surface area contributed by atoms with Gasteiger partial charge in [-0.25, -0.2) is 12.8 Å². The Labute approximate surface area is 126 Å². The number of nitrogens with zero attached hydrogens (tertiary/aromatic N) is 1. The minimum atomic E-state index is -3.91. The summed E-state index contributed by atoms with van der Waals surface area (Å²) in [5.41, 5.74) is -0.940. The van der Waals surface area contributed by atoms with Gasteiger partial charge in [0.25, 0.3) is 0 Å². The Morgan fingerprint density at radius 2 is 1.90 bits per heavy atom. The van der Waals surface area contributed by atoms with Gasteiger partial charge >= 0.3 is 0 Å². The average molecular weight is 340 g/mol. The van der Waals surface area contributed by atoms with Crippen molar-refractivity contribution in [3.05, 3.63) is 28.0 Å². The van der Waals surface area contributed by atoms with E-state index in [0.717, 1.165) is 23.2 Å². The highest BCUT2D eigenvalue weighted by atomic mass is 35.5. The number of sulfonamides is 1. The molecule has 1 heterocycles. The Balaban J connectivity index is 1.88. The molecule has 110 valence electrons. The van der Waals surface area contributed by atoms with Crippen LogP contribution in [0.3, 0.4) is 0 Å². The first kappa shape index (κ1) is 14.5. The van der Waals surface area contributed by atoms with Crippen molar-refractivity contribution >= 4 is 33.2 Å². The van der Waals surface area contributed by atoms with Gasteiger partial charge in [0.2, 0.25) is 10.0 Å². The summed E-state index contributed by atoms with van der Waals surface area (Å²) in [6.07, 6.45) is 1.83. The molecule has 1 saturated carbocycles. The number of benzene rings is 1. The summed E-state index contributed by atoms with van der Waals surface area (Å²) in [5, 5.41) is 9.42. The van der Waals surface area contributed by atoms with Gasteiger partial charge in [-0.1, -0.05) is 23.2 Å². The summed E-state index contributed by atoms with van der Waals surface area (Å²) in [6.45, 7) is 0.0567. The number of rotatable bonds is 3. The van der Waals surface area contributed by atoms with Crippen LogP contribution in [-0.4, -0.2) is 36.5 Å². The molecule has 2 aliphatic rings. The van der Waals surface area contributed by atoms with Crippen molar-refractivity contribution in [3.8, 4) is 0 Å². The van der Waals surface area contributed by atoms with E-state index in [1.54, 1.807) is 0 Å². The topological polar surface area (TPSA) is 57.6 Å². The summed E-state index contributed by atoms with van der Waals surface area (Å²) in [6, 6.07) is 2.33. The Morgan fingerprint density at radius 3 is 2.45 bits per heavy atom. The molecular formula is C12H12Cl2FNO3S. The molecule has 0 unspecified atom stereocenters. The third-order valence-electron chi connectivity index (χ3n) is 3.86. The lowest BCUT2D eigenvalue weighted by Gasteiger charge is -2.45. The Morgan fingerprint density at radius 1 is 1.30 bits per heavy atom. The molecule has 0 radical (unpaired) electrons. The lowest BCUT2D eigenvalue weighted by Crippen LogP contribution is -2.64. The maximum Gasteiger partial charge on any atom is 0.244 e. The fraction of sp³-hybridized carbons (Fsp3) is 0.500. The highest BCUT2D eigenvalue weighted by molar-refractivity contribution is 7.89. The van der Waals surface area contributed by atoms with Gasteiger partial charge in [-0.05, 0) is 30.9 Å². The van der Waals surface area contributed by atoms with Crippen LogP contribution in [0.5, 0.6) is 0 Å². The second kappa shape index (κ2) is 4.55. The lowest BCUT2D eigenvalue weighted by molar-refractivity contribution is -0.0764. The Bertz CT molecular complexity index is 670. The summed E-state index contributed by atoms with van der Waals surface area (Å²) < 4.78 is 39.4. The highest BCUT2D eigenvalue weighted by Crippen LogP contribution is 2.46. The minimum absolute atomic E-state index is 0.0283. The van der Waals surface area contributed by atoms with E-state index in [2.05, 4.69) is 0 Å². The van der Waals surface area contributed by atoms with Crippen molar-refractivity contribution in [1.82, 2.24) is 4.31 Å². The fourth-order valence-electron chi connectivity index (χ4n) is 2.46. The average Bonchev–Trinajstić information content (AvgIpc) is 3.16. The van der Waals surface area contributed by atoms with Crippen LogP contribution in [-0.2, 0) is 10.0 Å². The third kappa shape index (κ3) is 2.14. The quantitative estimate of drug-likeness (QED) is 0.859. The second-order valence-corrected chi connectivity index (χ2v) is 8.02. The molecule has 8 heteroatoms. The van der Waals surface area contributed by atoms with E-state index in [1.807, 2.05) is 0 Å². The number of hydrogen-bond donors (Lipinski definition) is 1. The predicted octanol–water partition coefficient (Wildman–Crippen LogP) is 2.28. The highest BCUT2D eigenvalue weighted by Gasteiger charge is 2.55. The molecule has 2 fully saturated rings. The van der Waals surface area contributed by atoms with Crippen LogP contribution in [0.1, 0.15) is 12.8 Å². The standard InChI is InChI=1S/C12H12Cl2FNO3S/c13-8-3-4-9(10(14)11(8)15)20(18,19)16-5-12(17,6-16)7-1-2-7/h3-4,7,17H,1-2,5-6H2. The van der Waals surface area contributed by atoms with Crippen molar-refractivity contribution in [2.45, 2.75) is 23.3 Å². The molecule has 0 atom stereocenters. The maximum absolute atomic E-state index is 13.6. The molecule has 1 aliphatic carbocycles. The van der Waals surface area contributed by atoms with E-state index < -0.39 is 26.5 Å². The van der Waals surface area contributed by atoms with Crippen molar-refractivity contribution in [1.29, 1.82) is 0 Å². The first-order valence-corrected chi connectivity index (χ1v) is 8.31. The van der Waals surface area contributed by atoms with Crippen molar-refractivity contribution in [2.24, 2.45) is 5.92 Å². The smallest absolute Gasteiger partial charge is 0.244 e. The van der Waals surface area contributed by atoms with Gasteiger partial charge in [-0.2, -0.15) is 4.31 Å². The molecule has 1 aliphatic heterocycles. The molecule has 20 heavy (non-hydrogen) atoms. The first-order chi connectivity index (χ1) is 9.25. The maximum atomic E-state index is 13.6. The van der Waals surface area contributed by atoms with Gasteiger partial charge in [0.05, 0.1) is 15.6 Å². The van der Waals surface area contributed by atoms with Crippen LogP contribution in [0.25, 0.3) is 0 Å². The molecule has 1 saturated heterocycles. The van der Waals surface area contributed by atoms with Crippen molar-refractivity contribution in [3.63, 3.8) is 0 Å². The van der Waals surface area contributed by atoms with E-state index >= 15 is 0 Å². The van der Waals surface area contributed by atoms with Gasteiger partial charge in [0, 0.05) is 13.1 Å². The predicted molar refractivity (Wildman–Crippen MR) is 72.9 cm³/mol.